The second kappa shape index (κ2) is 8.33. The molecule has 2 aromatic heterocycles. The number of alkyl halides is 3. The fourth-order valence-corrected chi connectivity index (χ4v) is 7.13. The van der Waals surface area contributed by atoms with E-state index in [4.69, 9.17) is 0 Å². The highest BCUT2D eigenvalue weighted by Crippen LogP contribution is 2.43. The molecular formula is C31H18F3NS2. The van der Waals surface area contributed by atoms with Gasteiger partial charge >= 0.3 is 6.18 Å². The summed E-state index contributed by atoms with van der Waals surface area (Å²) in [5, 5.41) is 4.63. The number of nitrogens with zero attached hydrogens (tertiary/aromatic N) is 1. The van der Waals surface area contributed by atoms with Gasteiger partial charge in [0.1, 0.15) is 0 Å². The number of thiophene rings is 2. The SMILES string of the molecule is FC(F)(F)c1ccc(N(c2ccc3sc4ccccc4c3c2)c2ccc3sc4ccccc4c3c2)cc1. The van der Waals surface area contributed by atoms with E-state index in [2.05, 4.69) is 48.5 Å². The molecule has 7 rings (SSSR count). The van der Waals surface area contributed by atoms with Crippen molar-refractivity contribution in [3.63, 3.8) is 0 Å². The summed E-state index contributed by atoms with van der Waals surface area (Å²) in [7, 11) is 0. The zero-order valence-corrected chi connectivity index (χ0v) is 20.9. The molecule has 0 atom stereocenters. The molecule has 180 valence electrons. The Morgan fingerprint density at radius 1 is 0.459 bits per heavy atom. The predicted octanol–water partition coefficient (Wildman–Crippen LogP) is 10.9. The summed E-state index contributed by atoms with van der Waals surface area (Å²) in [6, 6.07) is 34.6. The molecule has 0 amide bonds. The molecule has 0 unspecified atom stereocenters. The van der Waals surface area contributed by atoms with Crippen LogP contribution in [0.1, 0.15) is 5.56 Å². The number of benzene rings is 5. The van der Waals surface area contributed by atoms with E-state index in [1.54, 1.807) is 34.8 Å². The van der Waals surface area contributed by atoms with Crippen LogP contribution < -0.4 is 4.90 Å². The van der Waals surface area contributed by atoms with Gasteiger partial charge in [-0.1, -0.05) is 36.4 Å². The summed E-state index contributed by atoms with van der Waals surface area (Å²) >= 11 is 3.48. The summed E-state index contributed by atoms with van der Waals surface area (Å²) in [6.45, 7) is 0. The Hall–Kier alpha value is -3.87. The summed E-state index contributed by atoms with van der Waals surface area (Å²) in [6.07, 6.45) is -4.38. The van der Waals surface area contributed by atoms with Crippen molar-refractivity contribution >= 4 is 80.1 Å². The molecule has 0 aliphatic rings. The lowest BCUT2D eigenvalue weighted by atomic mass is 10.1. The number of fused-ring (bicyclic) bond motifs is 6. The first-order valence-corrected chi connectivity index (χ1v) is 13.4. The maximum atomic E-state index is 13.3. The van der Waals surface area contributed by atoms with Gasteiger partial charge in [0.25, 0.3) is 0 Å². The highest BCUT2D eigenvalue weighted by molar-refractivity contribution is 7.26. The molecule has 0 spiro atoms. The van der Waals surface area contributed by atoms with Crippen LogP contribution in [-0.4, -0.2) is 0 Å². The summed E-state index contributed by atoms with van der Waals surface area (Å²) in [5.41, 5.74) is 1.81. The third-order valence-corrected chi connectivity index (χ3v) is 8.99. The van der Waals surface area contributed by atoms with Crippen LogP contribution in [0.15, 0.2) is 109 Å². The van der Waals surface area contributed by atoms with Crippen LogP contribution in [0.25, 0.3) is 40.3 Å². The Bertz CT molecular complexity index is 1820. The molecule has 0 aliphatic carbocycles. The van der Waals surface area contributed by atoms with E-state index in [0.717, 1.165) is 34.3 Å². The Morgan fingerprint density at radius 2 is 0.892 bits per heavy atom. The van der Waals surface area contributed by atoms with Crippen molar-refractivity contribution in [2.24, 2.45) is 0 Å². The third-order valence-electron chi connectivity index (χ3n) is 6.69. The predicted molar refractivity (Wildman–Crippen MR) is 152 cm³/mol. The quantitative estimate of drug-likeness (QED) is 0.222. The van der Waals surface area contributed by atoms with E-state index >= 15 is 0 Å². The number of halogens is 3. The Balaban J connectivity index is 1.45. The number of anilines is 3. The number of hydrogen-bond acceptors (Lipinski definition) is 3. The van der Waals surface area contributed by atoms with Crippen molar-refractivity contribution in [3.8, 4) is 0 Å². The maximum absolute atomic E-state index is 13.3. The molecule has 0 fully saturated rings. The van der Waals surface area contributed by atoms with Gasteiger partial charge < -0.3 is 4.90 Å². The van der Waals surface area contributed by atoms with E-state index in [-0.39, 0.29) is 0 Å². The van der Waals surface area contributed by atoms with Crippen molar-refractivity contribution in [1.82, 2.24) is 0 Å². The molecule has 2 heterocycles. The lowest BCUT2D eigenvalue weighted by Crippen LogP contribution is -2.11. The van der Waals surface area contributed by atoms with Gasteiger partial charge in [-0.15, -0.1) is 22.7 Å². The van der Waals surface area contributed by atoms with E-state index in [1.165, 1.54) is 29.6 Å². The smallest absolute Gasteiger partial charge is 0.310 e. The van der Waals surface area contributed by atoms with Crippen molar-refractivity contribution in [1.29, 1.82) is 0 Å². The Kier molecular flexibility index (Phi) is 5.03. The van der Waals surface area contributed by atoms with Gasteiger partial charge in [0.05, 0.1) is 5.56 Å². The minimum absolute atomic E-state index is 0.658. The van der Waals surface area contributed by atoms with Crippen LogP contribution in [0.4, 0.5) is 30.2 Å². The largest absolute Gasteiger partial charge is 0.416 e. The van der Waals surface area contributed by atoms with Gasteiger partial charge in [-0.3, -0.25) is 0 Å². The third kappa shape index (κ3) is 3.76. The average molecular weight is 526 g/mol. The molecule has 0 N–H and O–H groups in total. The molecule has 0 saturated heterocycles. The molecule has 6 heteroatoms. The van der Waals surface area contributed by atoms with Gasteiger partial charge in [-0.2, -0.15) is 13.2 Å². The van der Waals surface area contributed by atoms with E-state index in [9.17, 15) is 13.2 Å². The first-order valence-electron chi connectivity index (χ1n) is 11.8. The zero-order valence-electron chi connectivity index (χ0n) is 19.3. The van der Waals surface area contributed by atoms with Crippen LogP contribution >= 0.6 is 22.7 Å². The molecule has 0 radical (unpaired) electrons. The Morgan fingerprint density at radius 3 is 1.38 bits per heavy atom. The molecular weight excluding hydrogens is 507 g/mol. The van der Waals surface area contributed by atoms with E-state index in [1.807, 2.05) is 41.3 Å². The van der Waals surface area contributed by atoms with Gasteiger partial charge in [0.2, 0.25) is 0 Å². The van der Waals surface area contributed by atoms with E-state index in [0.29, 0.717) is 5.69 Å². The minimum Gasteiger partial charge on any atom is -0.310 e. The second-order valence-electron chi connectivity index (χ2n) is 8.94. The van der Waals surface area contributed by atoms with Gasteiger partial charge in [-0.25, -0.2) is 0 Å². The lowest BCUT2D eigenvalue weighted by molar-refractivity contribution is -0.137. The molecule has 7 aromatic rings. The summed E-state index contributed by atoms with van der Waals surface area (Å²) in [4.78, 5) is 2.04. The van der Waals surface area contributed by atoms with Crippen LogP contribution in [0.2, 0.25) is 0 Å². The van der Waals surface area contributed by atoms with Crippen molar-refractivity contribution in [3.05, 3.63) is 115 Å². The molecule has 0 saturated carbocycles. The summed E-state index contributed by atoms with van der Waals surface area (Å²) in [5.74, 6) is 0. The standard InChI is InChI=1S/C31H18F3NS2/c32-31(33,34)19-9-11-20(12-10-19)35(21-13-15-29-25(17-21)23-5-1-3-7-27(23)36-29)22-14-16-30-26(18-22)24-6-2-4-8-28(24)37-30/h1-18H. The topological polar surface area (TPSA) is 3.24 Å². The maximum Gasteiger partial charge on any atom is 0.416 e. The lowest BCUT2D eigenvalue weighted by Gasteiger charge is -2.26. The van der Waals surface area contributed by atoms with Crippen molar-refractivity contribution in [2.75, 3.05) is 4.90 Å². The molecule has 37 heavy (non-hydrogen) atoms. The van der Waals surface area contributed by atoms with Gasteiger partial charge in [0, 0.05) is 57.4 Å². The summed E-state index contributed by atoms with van der Waals surface area (Å²) < 4.78 is 44.8. The zero-order chi connectivity index (χ0) is 25.1. The van der Waals surface area contributed by atoms with Crippen LogP contribution in [-0.2, 0) is 6.18 Å². The molecule has 0 aliphatic heterocycles. The van der Waals surface area contributed by atoms with Crippen molar-refractivity contribution in [2.45, 2.75) is 6.18 Å². The van der Waals surface area contributed by atoms with E-state index < -0.39 is 11.7 Å². The first kappa shape index (κ1) is 22.3. The first-order chi connectivity index (χ1) is 18.0. The monoisotopic (exact) mass is 525 g/mol. The normalized spacial score (nSPS) is 12.2. The van der Waals surface area contributed by atoms with Crippen LogP contribution in [0, 0.1) is 0 Å². The van der Waals surface area contributed by atoms with Gasteiger partial charge in [0.15, 0.2) is 0 Å². The highest BCUT2D eigenvalue weighted by atomic mass is 32.1. The fourth-order valence-electron chi connectivity index (χ4n) is 4.95. The molecule has 1 nitrogen and oxygen atoms in total. The van der Waals surface area contributed by atoms with Crippen LogP contribution in [0.3, 0.4) is 0 Å². The average Bonchev–Trinajstić information content (AvgIpc) is 3.46. The number of rotatable bonds is 3. The molecule has 0 bridgehead atoms. The van der Waals surface area contributed by atoms with Crippen molar-refractivity contribution < 1.29 is 13.2 Å². The van der Waals surface area contributed by atoms with Crippen LogP contribution in [0.5, 0.6) is 0 Å². The second-order valence-corrected chi connectivity index (χ2v) is 11.1. The highest BCUT2D eigenvalue weighted by Gasteiger charge is 2.30. The number of hydrogen-bond donors (Lipinski definition) is 0. The minimum atomic E-state index is -4.38. The fraction of sp³-hybridized carbons (Fsp3) is 0.0323. The Labute approximate surface area is 218 Å². The van der Waals surface area contributed by atoms with Gasteiger partial charge in [-0.05, 0) is 72.8 Å². The molecule has 5 aromatic carbocycles.